The molecule has 0 saturated heterocycles. The third-order valence-corrected chi connectivity index (χ3v) is 6.46. The van der Waals surface area contributed by atoms with Crippen LogP contribution in [-0.4, -0.2) is 26.0 Å². The molecule has 0 radical (unpaired) electrons. The van der Waals surface area contributed by atoms with Gasteiger partial charge in [0.25, 0.3) is 0 Å². The first-order valence-electron chi connectivity index (χ1n) is 5.63. The van der Waals surface area contributed by atoms with Crippen LogP contribution in [0.15, 0.2) is 15.9 Å². The van der Waals surface area contributed by atoms with Crippen LogP contribution in [-0.2, 0) is 16.4 Å². The van der Waals surface area contributed by atoms with Gasteiger partial charge in [-0.25, -0.2) is 8.42 Å². The standard InChI is InChI=1S/C11H16BrNO2S2/c1-17(14,15)10-4-2-3-9(10)13-7-8-5-6-11(12)16-8/h5-6,9-10,13H,2-4,7H2,1H3. The minimum absolute atomic E-state index is 0.117. The first-order chi connectivity index (χ1) is 7.97. The van der Waals surface area contributed by atoms with Crippen molar-refractivity contribution in [1.29, 1.82) is 0 Å². The van der Waals surface area contributed by atoms with E-state index < -0.39 is 9.84 Å². The van der Waals surface area contributed by atoms with Crippen molar-refractivity contribution in [1.82, 2.24) is 5.32 Å². The Morgan fingerprint density at radius 2 is 2.24 bits per heavy atom. The van der Waals surface area contributed by atoms with E-state index in [1.54, 1.807) is 11.3 Å². The average molecular weight is 338 g/mol. The van der Waals surface area contributed by atoms with E-state index in [1.807, 2.05) is 6.07 Å². The summed E-state index contributed by atoms with van der Waals surface area (Å²) >= 11 is 5.11. The maximum atomic E-state index is 11.6. The van der Waals surface area contributed by atoms with E-state index in [1.165, 1.54) is 11.1 Å². The summed E-state index contributed by atoms with van der Waals surface area (Å²) < 4.78 is 24.3. The first-order valence-corrected chi connectivity index (χ1v) is 9.19. The molecular weight excluding hydrogens is 322 g/mol. The number of hydrogen-bond donors (Lipinski definition) is 1. The highest BCUT2D eigenvalue weighted by atomic mass is 79.9. The molecule has 2 rings (SSSR count). The second-order valence-corrected chi connectivity index (χ2v) is 9.30. The minimum Gasteiger partial charge on any atom is -0.308 e. The van der Waals surface area contributed by atoms with Gasteiger partial charge < -0.3 is 5.32 Å². The largest absolute Gasteiger partial charge is 0.308 e. The van der Waals surface area contributed by atoms with Gasteiger partial charge in [0, 0.05) is 23.7 Å². The van der Waals surface area contributed by atoms with Crippen LogP contribution in [0.1, 0.15) is 24.1 Å². The van der Waals surface area contributed by atoms with Crippen molar-refractivity contribution in [2.45, 2.75) is 37.1 Å². The summed E-state index contributed by atoms with van der Waals surface area (Å²) in [6.45, 7) is 0.757. The zero-order valence-electron chi connectivity index (χ0n) is 9.65. The van der Waals surface area contributed by atoms with Crippen LogP contribution in [0, 0.1) is 0 Å². The van der Waals surface area contributed by atoms with E-state index in [9.17, 15) is 8.42 Å². The molecule has 1 aromatic heterocycles. The molecule has 96 valence electrons. The second kappa shape index (κ2) is 5.38. The van der Waals surface area contributed by atoms with E-state index in [2.05, 4.69) is 27.3 Å². The van der Waals surface area contributed by atoms with Crippen LogP contribution in [0.4, 0.5) is 0 Å². The minimum atomic E-state index is -2.92. The lowest BCUT2D eigenvalue weighted by molar-refractivity contribution is 0.509. The van der Waals surface area contributed by atoms with E-state index in [4.69, 9.17) is 0 Å². The maximum Gasteiger partial charge on any atom is 0.151 e. The van der Waals surface area contributed by atoms with Crippen LogP contribution >= 0.6 is 27.3 Å². The van der Waals surface area contributed by atoms with Crippen molar-refractivity contribution < 1.29 is 8.42 Å². The number of hydrogen-bond acceptors (Lipinski definition) is 4. The maximum absolute atomic E-state index is 11.6. The Morgan fingerprint density at radius 3 is 2.82 bits per heavy atom. The number of rotatable bonds is 4. The van der Waals surface area contributed by atoms with Gasteiger partial charge in [-0.05, 0) is 40.9 Å². The van der Waals surface area contributed by atoms with Crippen LogP contribution in [0.5, 0.6) is 0 Å². The van der Waals surface area contributed by atoms with Crippen LogP contribution in [0.3, 0.4) is 0 Å². The van der Waals surface area contributed by atoms with Crippen molar-refractivity contribution in [3.8, 4) is 0 Å². The smallest absolute Gasteiger partial charge is 0.151 e. The van der Waals surface area contributed by atoms with Crippen molar-refractivity contribution in [2.75, 3.05) is 6.26 Å². The van der Waals surface area contributed by atoms with Crippen LogP contribution < -0.4 is 5.32 Å². The molecule has 1 fully saturated rings. The zero-order valence-corrected chi connectivity index (χ0v) is 12.9. The van der Waals surface area contributed by atoms with E-state index in [0.29, 0.717) is 0 Å². The van der Waals surface area contributed by atoms with Gasteiger partial charge in [0.2, 0.25) is 0 Å². The summed E-state index contributed by atoms with van der Waals surface area (Å²) in [7, 11) is -2.92. The molecule has 1 N–H and O–H groups in total. The average Bonchev–Trinajstić information content (AvgIpc) is 2.81. The third-order valence-electron chi connectivity index (χ3n) is 3.17. The molecule has 1 aliphatic rings. The Balaban J connectivity index is 1.95. The molecule has 1 saturated carbocycles. The molecule has 1 aliphatic carbocycles. The number of nitrogens with one attached hydrogen (secondary N) is 1. The Hall–Kier alpha value is 0.0900. The van der Waals surface area contributed by atoms with Gasteiger partial charge in [-0.2, -0.15) is 0 Å². The molecule has 17 heavy (non-hydrogen) atoms. The van der Waals surface area contributed by atoms with Crippen molar-refractivity contribution in [3.63, 3.8) is 0 Å². The van der Waals surface area contributed by atoms with E-state index >= 15 is 0 Å². The molecule has 3 nitrogen and oxygen atoms in total. The summed E-state index contributed by atoms with van der Waals surface area (Å²) in [5.41, 5.74) is 0. The molecule has 0 aliphatic heterocycles. The van der Waals surface area contributed by atoms with E-state index in [0.717, 1.165) is 29.6 Å². The van der Waals surface area contributed by atoms with Crippen LogP contribution in [0.25, 0.3) is 0 Å². The monoisotopic (exact) mass is 337 g/mol. The molecule has 1 aromatic rings. The van der Waals surface area contributed by atoms with E-state index in [-0.39, 0.29) is 11.3 Å². The highest BCUT2D eigenvalue weighted by Gasteiger charge is 2.34. The summed E-state index contributed by atoms with van der Waals surface area (Å²) in [5.74, 6) is 0. The number of thiophene rings is 1. The Kier molecular flexibility index (Phi) is 4.28. The molecule has 6 heteroatoms. The van der Waals surface area contributed by atoms with Crippen LogP contribution in [0.2, 0.25) is 0 Å². The summed E-state index contributed by atoms with van der Waals surface area (Å²) in [4.78, 5) is 1.23. The van der Waals surface area contributed by atoms with Crippen molar-refractivity contribution >= 4 is 37.1 Å². The van der Waals surface area contributed by atoms with Gasteiger partial charge in [-0.1, -0.05) is 6.42 Å². The number of halogens is 1. The van der Waals surface area contributed by atoms with Crippen molar-refractivity contribution in [3.05, 3.63) is 20.8 Å². The van der Waals surface area contributed by atoms with Gasteiger partial charge in [-0.15, -0.1) is 11.3 Å². The Morgan fingerprint density at radius 1 is 1.47 bits per heavy atom. The van der Waals surface area contributed by atoms with Gasteiger partial charge in [0.15, 0.2) is 9.84 Å². The van der Waals surface area contributed by atoms with Gasteiger partial charge >= 0.3 is 0 Å². The molecule has 0 amide bonds. The number of sulfone groups is 1. The lowest BCUT2D eigenvalue weighted by Crippen LogP contribution is -2.39. The molecule has 2 atom stereocenters. The zero-order chi connectivity index (χ0) is 12.5. The highest BCUT2D eigenvalue weighted by molar-refractivity contribution is 9.11. The molecule has 0 bridgehead atoms. The Labute approximate surface area is 115 Å². The highest BCUT2D eigenvalue weighted by Crippen LogP contribution is 2.26. The normalized spacial score (nSPS) is 25.3. The lowest BCUT2D eigenvalue weighted by Gasteiger charge is -2.19. The fraction of sp³-hybridized carbons (Fsp3) is 0.636. The fourth-order valence-corrected chi connectivity index (χ4v) is 5.21. The molecule has 1 heterocycles. The fourth-order valence-electron chi connectivity index (χ4n) is 2.35. The topological polar surface area (TPSA) is 46.2 Å². The molecule has 0 spiro atoms. The van der Waals surface area contributed by atoms with Gasteiger partial charge in [0.05, 0.1) is 9.04 Å². The van der Waals surface area contributed by atoms with Gasteiger partial charge in [-0.3, -0.25) is 0 Å². The molecule has 2 unspecified atom stereocenters. The predicted octanol–water partition coefficient (Wildman–Crippen LogP) is 2.57. The lowest BCUT2D eigenvalue weighted by atomic mass is 10.2. The summed E-state index contributed by atoms with van der Waals surface area (Å²) in [5, 5.41) is 3.18. The second-order valence-electron chi connectivity index (χ2n) is 4.49. The summed E-state index contributed by atoms with van der Waals surface area (Å²) in [6.07, 6.45) is 4.11. The third kappa shape index (κ3) is 3.53. The predicted molar refractivity (Wildman–Crippen MR) is 75.1 cm³/mol. The summed E-state index contributed by atoms with van der Waals surface area (Å²) in [6, 6.07) is 4.20. The molecular formula is C11H16BrNO2S2. The van der Waals surface area contributed by atoms with Crippen molar-refractivity contribution in [2.24, 2.45) is 0 Å². The Bertz CT molecular complexity index is 483. The first kappa shape index (κ1) is 13.5. The SMILES string of the molecule is CS(=O)(=O)C1CCCC1NCc1ccc(Br)s1. The van der Waals surface area contributed by atoms with Gasteiger partial charge in [0.1, 0.15) is 0 Å². The quantitative estimate of drug-likeness (QED) is 0.918. The molecule has 0 aromatic carbocycles.